The molecule has 98 valence electrons. The van der Waals surface area contributed by atoms with E-state index in [2.05, 4.69) is 35.2 Å². The van der Waals surface area contributed by atoms with E-state index in [1.807, 2.05) is 12.1 Å². The smallest absolute Gasteiger partial charge is 0.125 e. The Morgan fingerprint density at radius 3 is 2.42 bits per heavy atom. The first-order chi connectivity index (χ1) is 9.26. The van der Waals surface area contributed by atoms with Gasteiger partial charge in [0.05, 0.1) is 7.11 Å². The first kappa shape index (κ1) is 12.1. The molecule has 0 aliphatic carbocycles. The zero-order valence-electron chi connectivity index (χ0n) is 11.1. The lowest BCUT2D eigenvalue weighted by atomic mass is 10.1. The van der Waals surface area contributed by atoms with Gasteiger partial charge in [0.1, 0.15) is 5.75 Å². The number of hydrogen-bond acceptors (Lipinski definition) is 3. The average Bonchev–Trinajstić information content (AvgIpc) is 2.83. The summed E-state index contributed by atoms with van der Waals surface area (Å²) in [5.41, 5.74) is 10.6. The second-order valence-electron chi connectivity index (χ2n) is 4.99. The van der Waals surface area contributed by atoms with Crippen LogP contribution in [0, 0.1) is 0 Å². The van der Waals surface area contributed by atoms with Crippen molar-refractivity contribution in [2.45, 2.75) is 19.6 Å². The second-order valence-corrected chi connectivity index (χ2v) is 4.99. The van der Waals surface area contributed by atoms with Crippen molar-refractivity contribution < 1.29 is 4.74 Å². The Kier molecular flexibility index (Phi) is 3.13. The van der Waals surface area contributed by atoms with Gasteiger partial charge in [-0.15, -0.1) is 0 Å². The third kappa shape index (κ3) is 2.42. The summed E-state index contributed by atoms with van der Waals surface area (Å²) < 4.78 is 5.41. The molecule has 19 heavy (non-hydrogen) atoms. The SMILES string of the molecule is COc1cc(N)ccc1CN1Cc2ccccc2C1. The van der Waals surface area contributed by atoms with Crippen molar-refractivity contribution in [1.29, 1.82) is 0 Å². The van der Waals surface area contributed by atoms with E-state index >= 15 is 0 Å². The van der Waals surface area contributed by atoms with E-state index in [4.69, 9.17) is 10.5 Å². The predicted octanol–water partition coefficient (Wildman–Crippen LogP) is 2.79. The fourth-order valence-electron chi connectivity index (χ4n) is 2.65. The van der Waals surface area contributed by atoms with E-state index < -0.39 is 0 Å². The van der Waals surface area contributed by atoms with Gasteiger partial charge >= 0.3 is 0 Å². The largest absolute Gasteiger partial charge is 0.496 e. The monoisotopic (exact) mass is 254 g/mol. The number of ether oxygens (including phenoxy) is 1. The molecule has 0 saturated carbocycles. The summed E-state index contributed by atoms with van der Waals surface area (Å²) in [6, 6.07) is 14.5. The maximum Gasteiger partial charge on any atom is 0.125 e. The minimum atomic E-state index is 0.741. The minimum absolute atomic E-state index is 0.741. The van der Waals surface area contributed by atoms with Crippen LogP contribution in [0.1, 0.15) is 16.7 Å². The Bertz CT molecular complexity index is 570. The molecule has 3 nitrogen and oxygen atoms in total. The van der Waals surface area contributed by atoms with Crippen LogP contribution in [-0.4, -0.2) is 12.0 Å². The third-order valence-corrected chi connectivity index (χ3v) is 3.61. The number of rotatable bonds is 3. The van der Waals surface area contributed by atoms with Crippen LogP contribution in [0.15, 0.2) is 42.5 Å². The molecule has 1 heterocycles. The summed E-state index contributed by atoms with van der Waals surface area (Å²) in [4.78, 5) is 2.42. The van der Waals surface area contributed by atoms with Crippen LogP contribution in [0.5, 0.6) is 5.75 Å². The topological polar surface area (TPSA) is 38.5 Å². The van der Waals surface area contributed by atoms with Gasteiger partial charge < -0.3 is 10.5 Å². The molecular weight excluding hydrogens is 236 g/mol. The Balaban J connectivity index is 1.77. The molecular formula is C16H18N2O. The lowest BCUT2D eigenvalue weighted by molar-refractivity contribution is 0.270. The van der Waals surface area contributed by atoms with Crippen molar-refractivity contribution in [2.24, 2.45) is 0 Å². The summed E-state index contributed by atoms with van der Waals surface area (Å²) in [6.07, 6.45) is 0. The zero-order chi connectivity index (χ0) is 13.2. The van der Waals surface area contributed by atoms with Crippen LogP contribution in [-0.2, 0) is 19.6 Å². The molecule has 0 amide bonds. The summed E-state index contributed by atoms with van der Waals surface area (Å²) in [5, 5.41) is 0. The summed E-state index contributed by atoms with van der Waals surface area (Å²) in [7, 11) is 1.69. The maximum absolute atomic E-state index is 5.79. The van der Waals surface area contributed by atoms with Crippen LogP contribution in [0.3, 0.4) is 0 Å². The third-order valence-electron chi connectivity index (χ3n) is 3.61. The van der Waals surface area contributed by atoms with Crippen molar-refractivity contribution in [1.82, 2.24) is 4.90 Å². The summed E-state index contributed by atoms with van der Waals surface area (Å²) in [5.74, 6) is 0.871. The summed E-state index contributed by atoms with van der Waals surface area (Å²) >= 11 is 0. The van der Waals surface area contributed by atoms with E-state index in [-0.39, 0.29) is 0 Å². The molecule has 3 heteroatoms. The maximum atomic E-state index is 5.79. The van der Waals surface area contributed by atoms with Gasteiger partial charge in [-0.05, 0) is 17.2 Å². The van der Waals surface area contributed by atoms with Crippen molar-refractivity contribution in [3.8, 4) is 5.75 Å². The van der Waals surface area contributed by atoms with Crippen molar-refractivity contribution in [3.05, 3.63) is 59.2 Å². The van der Waals surface area contributed by atoms with Crippen molar-refractivity contribution in [3.63, 3.8) is 0 Å². The Labute approximate surface area is 113 Å². The quantitative estimate of drug-likeness (QED) is 0.856. The molecule has 0 radical (unpaired) electrons. The first-order valence-electron chi connectivity index (χ1n) is 6.48. The van der Waals surface area contributed by atoms with Crippen LogP contribution in [0.4, 0.5) is 5.69 Å². The molecule has 3 rings (SSSR count). The Hall–Kier alpha value is -2.00. The Morgan fingerprint density at radius 1 is 1.11 bits per heavy atom. The zero-order valence-corrected chi connectivity index (χ0v) is 11.1. The highest BCUT2D eigenvalue weighted by Gasteiger charge is 2.19. The lowest BCUT2D eigenvalue weighted by Crippen LogP contribution is -2.16. The second kappa shape index (κ2) is 4.94. The highest BCUT2D eigenvalue weighted by molar-refractivity contribution is 5.48. The normalized spacial score (nSPS) is 14.4. The molecule has 0 bridgehead atoms. The van der Waals surface area contributed by atoms with E-state index in [1.165, 1.54) is 16.7 Å². The number of hydrogen-bond donors (Lipinski definition) is 1. The van der Waals surface area contributed by atoms with Gasteiger partial charge in [0, 0.05) is 37.0 Å². The van der Waals surface area contributed by atoms with E-state index in [1.54, 1.807) is 7.11 Å². The van der Waals surface area contributed by atoms with Gasteiger partial charge in [0.25, 0.3) is 0 Å². The molecule has 2 aromatic carbocycles. The number of methoxy groups -OCH3 is 1. The molecule has 2 N–H and O–H groups in total. The van der Waals surface area contributed by atoms with Gasteiger partial charge in [-0.2, -0.15) is 0 Å². The van der Waals surface area contributed by atoms with Gasteiger partial charge in [-0.1, -0.05) is 30.3 Å². The van der Waals surface area contributed by atoms with Crippen molar-refractivity contribution in [2.75, 3.05) is 12.8 Å². The van der Waals surface area contributed by atoms with Gasteiger partial charge in [0.2, 0.25) is 0 Å². The van der Waals surface area contributed by atoms with Gasteiger partial charge in [-0.3, -0.25) is 4.90 Å². The fourth-order valence-corrected chi connectivity index (χ4v) is 2.65. The molecule has 1 aliphatic heterocycles. The number of nitrogens with zero attached hydrogens (tertiary/aromatic N) is 1. The van der Waals surface area contributed by atoms with Gasteiger partial charge in [-0.25, -0.2) is 0 Å². The fraction of sp³-hybridized carbons (Fsp3) is 0.250. The predicted molar refractivity (Wildman–Crippen MR) is 76.8 cm³/mol. The molecule has 2 aromatic rings. The molecule has 0 fully saturated rings. The molecule has 0 unspecified atom stereocenters. The lowest BCUT2D eigenvalue weighted by Gasteiger charge is -2.17. The van der Waals surface area contributed by atoms with E-state index in [0.29, 0.717) is 0 Å². The number of benzene rings is 2. The number of anilines is 1. The molecule has 0 spiro atoms. The summed E-state index contributed by atoms with van der Waals surface area (Å²) in [6.45, 7) is 2.89. The van der Waals surface area contributed by atoms with Gasteiger partial charge in [0.15, 0.2) is 0 Å². The number of nitrogens with two attached hydrogens (primary N) is 1. The number of fused-ring (bicyclic) bond motifs is 1. The van der Waals surface area contributed by atoms with Crippen LogP contribution < -0.4 is 10.5 Å². The van der Waals surface area contributed by atoms with E-state index in [0.717, 1.165) is 31.1 Å². The van der Waals surface area contributed by atoms with E-state index in [9.17, 15) is 0 Å². The molecule has 1 aliphatic rings. The molecule has 0 aromatic heterocycles. The van der Waals surface area contributed by atoms with Crippen LogP contribution in [0.25, 0.3) is 0 Å². The minimum Gasteiger partial charge on any atom is -0.496 e. The molecule has 0 atom stereocenters. The highest BCUT2D eigenvalue weighted by atomic mass is 16.5. The average molecular weight is 254 g/mol. The standard InChI is InChI=1S/C16H18N2O/c1-19-16-8-15(17)7-6-14(16)11-18-9-12-4-2-3-5-13(12)10-18/h2-8H,9-11,17H2,1H3. The first-order valence-corrected chi connectivity index (χ1v) is 6.48. The van der Waals surface area contributed by atoms with Crippen molar-refractivity contribution >= 4 is 5.69 Å². The number of nitrogen functional groups attached to an aromatic ring is 1. The van der Waals surface area contributed by atoms with Crippen LogP contribution >= 0.6 is 0 Å². The van der Waals surface area contributed by atoms with Crippen LogP contribution in [0.2, 0.25) is 0 Å². The highest BCUT2D eigenvalue weighted by Crippen LogP contribution is 2.28. The molecule has 0 saturated heterocycles. The Morgan fingerprint density at radius 2 is 1.79 bits per heavy atom.